The third-order valence-corrected chi connectivity index (χ3v) is 4.17. The van der Waals surface area contributed by atoms with Gasteiger partial charge in [0.15, 0.2) is 11.5 Å². The van der Waals surface area contributed by atoms with Crippen LogP contribution < -0.4 is 14.2 Å². The molecule has 0 bridgehead atoms. The summed E-state index contributed by atoms with van der Waals surface area (Å²) >= 11 is 0.686. The molecule has 2 heterocycles. The number of carbonyl (C=O) groups excluding carboxylic acids is 2. The second kappa shape index (κ2) is 6.44. The largest absolute Gasteiger partial charge is 0.493 e. The van der Waals surface area contributed by atoms with Crippen LogP contribution in [-0.2, 0) is 9.59 Å². The summed E-state index contributed by atoms with van der Waals surface area (Å²) in [5.41, 5.74) is 0.543. The van der Waals surface area contributed by atoms with Gasteiger partial charge in [0.2, 0.25) is 6.79 Å². The summed E-state index contributed by atoms with van der Waals surface area (Å²) in [6.07, 6.45) is 1.49. The van der Waals surface area contributed by atoms with Crippen molar-refractivity contribution in [3.05, 3.63) is 22.6 Å². The topological polar surface area (TPSA) is 102 Å². The van der Waals surface area contributed by atoms with Crippen LogP contribution in [0.1, 0.15) is 12.5 Å². The van der Waals surface area contributed by atoms with Crippen molar-refractivity contribution in [2.45, 2.75) is 6.92 Å². The first-order valence-electron chi connectivity index (χ1n) is 7.03. The van der Waals surface area contributed by atoms with Crippen LogP contribution >= 0.6 is 11.8 Å². The second-order valence-electron chi connectivity index (χ2n) is 4.84. The van der Waals surface area contributed by atoms with Crippen molar-refractivity contribution < 1.29 is 33.7 Å². The van der Waals surface area contributed by atoms with Crippen molar-refractivity contribution in [2.24, 2.45) is 0 Å². The molecule has 1 N–H and O–H groups in total. The molecule has 1 aromatic carbocycles. The SMILES string of the molecule is CCOc1cc2c(cc1/C=C1/SC(=O)N(CC(=O)O)C1=O)OCO2. The predicted octanol–water partition coefficient (Wildman–Crippen LogP) is 1.93. The van der Waals surface area contributed by atoms with Crippen molar-refractivity contribution in [3.8, 4) is 17.2 Å². The zero-order valence-corrected chi connectivity index (χ0v) is 13.4. The number of carboxylic acids is 1. The number of hydrogen-bond donors (Lipinski definition) is 1. The first-order chi connectivity index (χ1) is 11.5. The molecule has 126 valence electrons. The van der Waals surface area contributed by atoms with Crippen LogP contribution in [0.25, 0.3) is 6.08 Å². The van der Waals surface area contributed by atoms with Gasteiger partial charge in [-0.05, 0) is 30.8 Å². The molecule has 0 aromatic heterocycles. The van der Waals surface area contributed by atoms with Crippen LogP contribution in [0.5, 0.6) is 17.2 Å². The van der Waals surface area contributed by atoms with Gasteiger partial charge in [-0.3, -0.25) is 19.3 Å². The Labute approximate surface area is 141 Å². The van der Waals surface area contributed by atoms with E-state index in [9.17, 15) is 14.4 Å². The number of benzene rings is 1. The number of fused-ring (bicyclic) bond motifs is 1. The molecule has 0 atom stereocenters. The fourth-order valence-electron chi connectivity index (χ4n) is 2.25. The molecule has 0 unspecified atom stereocenters. The standard InChI is InChI=1S/C15H13NO7S/c1-2-21-9-5-11-10(22-7-23-11)3-8(9)4-12-14(19)16(6-13(17)18)15(20)24-12/h3-5H,2,6-7H2,1H3,(H,17,18)/b12-4+. The van der Waals surface area contributed by atoms with Gasteiger partial charge in [-0.25, -0.2) is 0 Å². The summed E-state index contributed by atoms with van der Waals surface area (Å²) in [6.45, 7) is 1.65. The molecule has 3 rings (SSSR count). The zero-order valence-electron chi connectivity index (χ0n) is 12.6. The van der Waals surface area contributed by atoms with Gasteiger partial charge >= 0.3 is 5.97 Å². The lowest BCUT2D eigenvalue weighted by atomic mass is 10.1. The number of hydrogen-bond acceptors (Lipinski definition) is 7. The van der Waals surface area contributed by atoms with Crippen molar-refractivity contribution in [1.82, 2.24) is 4.90 Å². The molecule has 1 aromatic rings. The summed E-state index contributed by atoms with van der Waals surface area (Å²) in [6, 6.07) is 3.30. The molecule has 0 aliphatic carbocycles. The second-order valence-corrected chi connectivity index (χ2v) is 5.83. The highest BCUT2D eigenvalue weighted by Gasteiger charge is 2.36. The van der Waals surface area contributed by atoms with Gasteiger partial charge in [-0.2, -0.15) is 0 Å². The quantitative estimate of drug-likeness (QED) is 0.803. The van der Waals surface area contributed by atoms with E-state index < -0.39 is 23.7 Å². The minimum Gasteiger partial charge on any atom is -0.493 e. The van der Waals surface area contributed by atoms with E-state index in [0.717, 1.165) is 0 Å². The molecule has 1 saturated heterocycles. The van der Waals surface area contributed by atoms with E-state index in [1.165, 1.54) is 6.08 Å². The number of nitrogens with zero attached hydrogens (tertiary/aromatic N) is 1. The van der Waals surface area contributed by atoms with Crippen LogP contribution in [0.4, 0.5) is 4.79 Å². The summed E-state index contributed by atoms with van der Waals surface area (Å²) in [4.78, 5) is 35.6. The highest BCUT2D eigenvalue weighted by atomic mass is 32.2. The Bertz CT molecular complexity index is 758. The van der Waals surface area contributed by atoms with Gasteiger partial charge in [0.1, 0.15) is 12.3 Å². The van der Waals surface area contributed by atoms with Gasteiger partial charge in [-0.15, -0.1) is 0 Å². The molecule has 0 radical (unpaired) electrons. The van der Waals surface area contributed by atoms with Gasteiger partial charge in [-0.1, -0.05) is 0 Å². The lowest BCUT2D eigenvalue weighted by molar-refractivity contribution is -0.140. The van der Waals surface area contributed by atoms with Crippen LogP contribution in [0, 0.1) is 0 Å². The lowest BCUT2D eigenvalue weighted by Gasteiger charge is -2.10. The van der Waals surface area contributed by atoms with Crippen molar-refractivity contribution in [2.75, 3.05) is 19.9 Å². The number of ether oxygens (including phenoxy) is 3. The van der Waals surface area contributed by atoms with E-state index in [0.29, 0.717) is 46.1 Å². The molecule has 1 fully saturated rings. The third-order valence-electron chi connectivity index (χ3n) is 3.26. The van der Waals surface area contributed by atoms with Gasteiger partial charge in [0, 0.05) is 11.6 Å². The Morgan fingerprint density at radius 2 is 2.08 bits per heavy atom. The van der Waals surface area contributed by atoms with E-state index in [1.54, 1.807) is 12.1 Å². The molecule has 8 nitrogen and oxygen atoms in total. The molecule has 0 saturated carbocycles. The van der Waals surface area contributed by atoms with E-state index in [1.807, 2.05) is 6.92 Å². The maximum atomic E-state index is 12.2. The highest BCUT2D eigenvalue weighted by Crippen LogP contribution is 2.41. The average Bonchev–Trinajstić information content (AvgIpc) is 3.07. The minimum atomic E-state index is -1.25. The molecular weight excluding hydrogens is 338 g/mol. The number of imide groups is 1. The predicted molar refractivity (Wildman–Crippen MR) is 84.0 cm³/mol. The van der Waals surface area contributed by atoms with Crippen LogP contribution in [0.2, 0.25) is 0 Å². The number of carboxylic acid groups (broad SMARTS) is 1. The first-order valence-corrected chi connectivity index (χ1v) is 7.85. The Balaban J connectivity index is 1.95. The molecule has 24 heavy (non-hydrogen) atoms. The van der Waals surface area contributed by atoms with Gasteiger partial charge < -0.3 is 19.3 Å². The number of amides is 2. The Morgan fingerprint density at radius 1 is 1.38 bits per heavy atom. The Morgan fingerprint density at radius 3 is 2.75 bits per heavy atom. The molecule has 0 spiro atoms. The molecular formula is C15H13NO7S. The summed E-state index contributed by atoms with van der Waals surface area (Å²) in [7, 11) is 0. The van der Waals surface area contributed by atoms with E-state index in [2.05, 4.69) is 0 Å². The van der Waals surface area contributed by atoms with Gasteiger partial charge in [0.05, 0.1) is 11.5 Å². The monoisotopic (exact) mass is 351 g/mol. The maximum Gasteiger partial charge on any atom is 0.323 e. The van der Waals surface area contributed by atoms with Crippen LogP contribution in [0.15, 0.2) is 17.0 Å². The zero-order chi connectivity index (χ0) is 17.3. The highest BCUT2D eigenvalue weighted by molar-refractivity contribution is 8.18. The first kappa shape index (κ1) is 16.2. The third kappa shape index (κ3) is 3.02. The number of aliphatic carboxylic acids is 1. The van der Waals surface area contributed by atoms with E-state index in [4.69, 9.17) is 19.3 Å². The molecule has 2 aliphatic rings. The number of rotatable bonds is 5. The van der Waals surface area contributed by atoms with Crippen molar-refractivity contribution in [1.29, 1.82) is 0 Å². The molecule has 2 aliphatic heterocycles. The summed E-state index contributed by atoms with van der Waals surface area (Å²) < 4.78 is 16.1. The smallest absolute Gasteiger partial charge is 0.323 e. The minimum absolute atomic E-state index is 0.0967. The lowest BCUT2D eigenvalue weighted by Crippen LogP contribution is -2.33. The van der Waals surface area contributed by atoms with E-state index in [-0.39, 0.29) is 11.7 Å². The Kier molecular flexibility index (Phi) is 4.34. The summed E-state index contributed by atoms with van der Waals surface area (Å²) in [5.74, 6) is -0.375. The fourth-order valence-corrected chi connectivity index (χ4v) is 3.07. The van der Waals surface area contributed by atoms with Crippen molar-refractivity contribution in [3.63, 3.8) is 0 Å². The van der Waals surface area contributed by atoms with Gasteiger partial charge in [0.25, 0.3) is 11.1 Å². The van der Waals surface area contributed by atoms with Crippen molar-refractivity contribution >= 4 is 35.0 Å². The number of carbonyl (C=O) groups is 3. The molecule has 2 amide bonds. The maximum absolute atomic E-state index is 12.2. The number of thioether (sulfide) groups is 1. The van der Waals surface area contributed by atoms with Crippen LogP contribution in [0.3, 0.4) is 0 Å². The normalized spacial score (nSPS) is 17.7. The summed E-state index contributed by atoms with van der Waals surface area (Å²) in [5, 5.41) is 8.16. The average molecular weight is 351 g/mol. The van der Waals surface area contributed by atoms with Crippen LogP contribution in [-0.4, -0.2) is 47.1 Å². The molecule has 9 heteroatoms. The van der Waals surface area contributed by atoms with E-state index >= 15 is 0 Å². The fraction of sp³-hybridized carbons (Fsp3) is 0.267. The Hall–Kier alpha value is -2.68.